The molecule has 1 amide bonds. The first-order valence-corrected chi connectivity index (χ1v) is 10.7. The SMILES string of the molecule is CCOc1ccc(C2/C(=C(/O)c3ccc(OC)c(OC)c3)C(=O)C(=O)N2CCOC)cc1OC. The van der Waals surface area contributed by atoms with E-state index in [4.69, 9.17) is 23.7 Å². The van der Waals surface area contributed by atoms with Crippen molar-refractivity contribution in [1.29, 1.82) is 0 Å². The summed E-state index contributed by atoms with van der Waals surface area (Å²) in [6.45, 7) is 2.68. The van der Waals surface area contributed by atoms with Crippen LogP contribution in [0.4, 0.5) is 0 Å². The number of hydrogen-bond donors (Lipinski definition) is 1. The number of ketones is 1. The lowest BCUT2D eigenvalue weighted by Gasteiger charge is -2.25. The van der Waals surface area contributed by atoms with Crippen LogP contribution >= 0.6 is 0 Å². The number of methoxy groups -OCH3 is 4. The van der Waals surface area contributed by atoms with Crippen molar-refractivity contribution in [2.75, 3.05) is 48.2 Å². The molecule has 1 saturated heterocycles. The van der Waals surface area contributed by atoms with Crippen molar-refractivity contribution in [3.63, 3.8) is 0 Å². The van der Waals surface area contributed by atoms with Crippen molar-refractivity contribution < 1.29 is 38.4 Å². The van der Waals surface area contributed by atoms with Gasteiger partial charge >= 0.3 is 0 Å². The van der Waals surface area contributed by atoms with Gasteiger partial charge in [-0.25, -0.2) is 0 Å². The van der Waals surface area contributed by atoms with Crippen LogP contribution in [0.15, 0.2) is 42.0 Å². The minimum absolute atomic E-state index is 0.0421. The van der Waals surface area contributed by atoms with Gasteiger partial charge in [0.1, 0.15) is 5.76 Å². The van der Waals surface area contributed by atoms with Crippen LogP contribution in [0.1, 0.15) is 24.1 Å². The van der Waals surface area contributed by atoms with Crippen LogP contribution in [0.5, 0.6) is 23.0 Å². The number of aliphatic hydroxyl groups is 1. The highest BCUT2D eigenvalue weighted by atomic mass is 16.5. The summed E-state index contributed by atoms with van der Waals surface area (Å²) in [5.74, 6) is -0.0210. The summed E-state index contributed by atoms with van der Waals surface area (Å²) < 4.78 is 26.8. The Kier molecular flexibility index (Phi) is 8.01. The van der Waals surface area contributed by atoms with Crippen LogP contribution < -0.4 is 18.9 Å². The molecule has 9 nitrogen and oxygen atoms in total. The lowest BCUT2D eigenvalue weighted by Crippen LogP contribution is -2.32. The minimum Gasteiger partial charge on any atom is -0.507 e. The number of benzene rings is 2. The summed E-state index contributed by atoms with van der Waals surface area (Å²) in [5, 5.41) is 11.2. The van der Waals surface area contributed by atoms with Gasteiger partial charge < -0.3 is 33.7 Å². The van der Waals surface area contributed by atoms with Gasteiger partial charge in [-0.15, -0.1) is 0 Å². The van der Waals surface area contributed by atoms with Crippen LogP contribution in [-0.2, 0) is 14.3 Å². The molecule has 1 aliphatic heterocycles. The number of ether oxygens (including phenoxy) is 5. The monoisotopic (exact) mass is 471 g/mol. The highest BCUT2D eigenvalue weighted by Crippen LogP contribution is 2.42. The number of aliphatic hydroxyl groups excluding tert-OH is 1. The zero-order valence-electron chi connectivity index (χ0n) is 19.9. The van der Waals surface area contributed by atoms with Gasteiger partial charge in [0, 0.05) is 19.2 Å². The molecule has 0 bridgehead atoms. The van der Waals surface area contributed by atoms with E-state index in [9.17, 15) is 14.7 Å². The van der Waals surface area contributed by atoms with E-state index >= 15 is 0 Å². The Balaban J connectivity index is 2.19. The zero-order valence-corrected chi connectivity index (χ0v) is 19.9. The Morgan fingerprint density at radius 2 is 1.56 bits per heavy atom. The van der Waals surface area contributed by atoms with E-state index in [2.05, 4.69) is 0 Å². The molecular formula is C25H29NO8. The zero-order chi connectivity index (χ0) is 24.8. The van der Waals surface area contributed by atoms with Gasteiger partial charge in [-0.05, 0) is 42.8 Å². The van der Waals surface area contributed by atoms with E-state index in [0.29, 0.717) is 40.7 Å². The molecule has 182 valence electrons. The van der Waals surface area contributed by atoms with Crippen molar-refractivity contribution in [2.45, 2.75) is 13.0 Å². The second-order valence-electron chi connectivity index (χ2n) is 7.40. The average molecular weight is 472 g/mol. The fourth-order valence-corrected chi connectivity index (χ4v) is 3.91. The van der Waals surface area contributed by atoms with E-state index in [1.54, 1.807) is 36.4 Å². The molecule has 1 atom stereocenters. The number of likely N-dealkylation sites (tertiary alicyclic amines) is 1. The lowest BCUT2D eigenvalue weighted by molar-refractivity contribution is -0.140. The van der Waals surface area contributed by atoms with Crippen LogP contribution in [0.2, 0.25) is 0 Å². The Labute approximate surface area is 198 Å². The lowest BCUT2D eigenvalue weighted by atomic mass is 9.95. The summed E-state index contributed by atoms with van der Waals surface area (Å²) in [6, 6.07) is 9.05. The summed E-state index contributed by atoms with van der Waals surface area (Å²) in [6.07, 6.45) is 0. The molecule has 3 rings (SSSR count). The maximum Gasteiger partial charge on any atom is 0.295 e. The van der Waals surface area contributed by atoms with Crippen molar-refractivity contribution in [3.05, 3.63) is 53.1 Å². The summed E-state index contributed by atoms with van der Waals surface area (Å²) in [5.41, 5.74) is 0.850. The smallest absolute Gasteiger partial charge is 0.295 e. The molecule has 2 aromatic carbocycles. The molecule has 0 spiro atoms. The van der Waals surface area contributed by atoms with Crippen molar-refractivity contribution in [2.24, 2.45) is 0 Å². The molecule has 0 saturated carbocycles. The normalized spacial score (nSPS) is 17.1. The number of carbonyl (C=O) groups excluding carboxylic acids is 2. The van der Waals surface area contributed by atoms with Gasteiger partial charge in [0.05, 0.1) is 46.2 Å². The number of amides is 1. The summed E-state index contributed by atoms with van der Waals surface area (Å²) >= 11 is 0. The third kappa shape index (κ3) is 4.65. The average Bonchev–Trinajstić information content (AvgIpc) is 3.11. The number of rotatable bonds is 10. The number of Topliss-reactive ketones (excluding diaryl/α,β-unsaturated/α-hetero) is 1. The molecule has 2 aromatic rings. The van der Waals surface area contributed by atoms with Crippen molar-refractivity contribution in [3.8, 4) is 23.0 Å². The predicted molar refractivity (Wildman–Crippen MR) is 125 cm³/mol. The summed E-state index contributed by atoms with van der Waals surface area (Å²) in [4.78, 5) is 27.5. The van der Waals surface area contributed by atoms with Crippen LogP contribution in [0.3, 0.4) is 0 Å². The molecule has 9 heteroatoms. The quantitative estimate of drug-likeness (QED) is 0.320. The predicted octanol–water partition coefficient (Wildman–Crippen LogP) is 3.18. The Morgan fingerprint density at radius 1 is 0.912 bits per heavy atom. The fraction of sp³-hybridized carbons (Fsp3) is 0.360. The first kappa shape index (κ1) is 24.9. The highest BCUT2D eigenvalue weighted by molar-refractivity contribution is 6.46. The number of carbonyl (C=O) groups is 2. The standard InChI is InChI=1S/C25H29NO8/c1-6-34-18-10-7-15(13-20(18)33-5)22-21(24(28)25(29)26(22)11-12-30-2)23(27)16-8-9-17(31-3)19(14-16)32-4/h7-10,13-14,22,27H,6,11-12H2,1-5H3/b23-21-. The maximum absolute atomic E-state index is 13.1. The molecule has 34 heavy (non-hydrogen) atoms. The third-order valence-electron chi connectivity index (χ3n) is 5.54. The van der Waals surface area contributed by atoms with E-state index in [-0.39, 0.29) is 24.5 Å². The Morgan fingerprint density at radius 3 is 2.18 bits per heavy atom. The Bertz CT molecular complexity index is 1090. The number of nitrogens with zero attached hydrogens (tertiary/aromatic N) is 1. The van der Waals surface area contributed by atoms with Crippen LogP contribution in [-0.4, -0.2) is 69.9 Å². The Hall–Kier alpha value is -3.72. The molecule has 0 aromatic heterocycles. The van der Waals surface area contributed by atoms with Gasteiger partial charge in [0.25, 0.3) is 11.7 Å². The molecule has 1 heterocycles. The summed E-state index contributed by atoms with van der Waals surface area (Å²) in [7, 11) is 5.98. The van der Waals surface area contributed by atoms with Crippen LogP contribution in [0.25, 0.3) is 5.76 Å². The van der Waals surface area contributed by atoms with E-state index in [0.717, 1.165) is 0 Å². The first-order chi connectivity index (χ1) is 16.4. The van der Waals surface area contributed by atoms with Crippen molar-refractivity contribution >= 4 is 17.4 Å². The van der Waals surface area contributed by atoms with Crippen molar-refractivity contribution in [1.82, 2.24) is 4.90 Å². The van der Waals surface area contributed by atoms with E-state index in [1.807, 2.05) is 6.92 Å². The molecular weight excluding hydrogens is 442 g/mol. The van der Waals surface area contributed by atoms with E-state index in [1.165, 1.54) is 33.3 Å². The third-order valence-corrected chi connectivity index (χ3v) is 5.54. The topological polar surface area (TPSA) is 104 Å². The largest absolute Gasteiger partial charge is 0.507 e. The fourth-order valence-electron chi connectivity index (χ4n) is 3.91. The van der Waals surface area contributed by atoms with Gasteiger partial charge in [0.2, 0.25) is 0 Å². The second-order valence-corrected chi connectivity index (χ2v) is 7.40. The molecule has 1 fully saturated rings. The van der Waals surface area contributed by atoms with Gasteiger partial charge in [-0.2, -0.15) is 0 Å². The molecule has 0 aliphatic carbocycles. The minimum atomic E-state index is -0.854. The van der Waals surface area contributed by atoms with Gasteiger partial charge in [0.15, 0.2) is 23.0 Å². The second kappa shape index (κ2) is 10.9. The van der Waals surface area contributed by atoms with E-state index < -0.39 is 17.7 Å². The molecule has 1 aliphatic rings. The first-order valence-electron chi connectivity index (χ1n) is 10.7. The highest BCUT2D eigenvalue weighted by Gasteiger charge is 2.46. The van der Waals surface area contributed by atoms with Gasteiger partial charge in [-0.3, -0.25) is 9.59 Å². The molecule has 0 radical (unpaired) electrons. The van der Waals surface area contributed by atoms with Crippen LogP contribution in [0, 0.1) is 0 Å². The van der Waals surface area contributed by atoms with Gasteiger partial charge in [-0.1, -0.05) is 6.07 Å². The molecule has 1 N–H and O–H groups in total. The molecule has 1 unspecified atom stereocenters. The maximum atomic E-state index is 13.1. The number of hydrogen-bond acceptors (Lipinski definition) is 8.